The average molecular weight is 501 g/mol. The van der Waals surface area contributed by atoms with E-state index >= 15 is 0 Å². The van der Waals surface area contributed by atoms with Gasteiger partial charge < -0.3 is 30.2 Å². The van der Waals surface area contributed by atoms with Crippen LogP contribution in [0.3, 0.4) is 0 Å². The van der Waals surface area contributed by atoms with Crippen LogP contribution in [0.1, 0.15) is 35.7 Å². The quantitative estimate of drug-likeness (QED) is 0.498. The van der Waals surface area contributed by atoms with Crippen LogP contribution in [0.4, 0.5) is 17.3 Å². The van der Waals surface area contributed by atoms with Crippen molar-refractivity contribution in [3.8, 4) is 0 Å². The summed E-state index contributed by atoms with van der Waals surface area (Å²) in [6.07, 6.45) is 3.21. The van der Waals surface area contributed by atoms with Gasteiger partial charge in [0.1, 0.15) is 17.5 Å². The first-order valence-corrected chi connectivity index (χ1v) is 12.7. The Labute approximate surface area is 210 Å². The van der Waals surface area contributed by atoms with Gasteiger partial charge in [-0.1, -0.05) is 11.6 Å². The van der Waals surface area contributed by atoms with Crippen LogP contribution in [0, 0.1) is 12.3 Å². The molecule has 3 aliphatic heterocycles. The van der Waals surface area contributed by atoms with Gasteiger partial charge in [0, 0.05) is 41.6 Å². The molecule has 9 nitrogen and oxygen atoms in total. The number of likely N-dealkylation sites (tertiary alicyclic amines) is 1. The second-order valence-corrected chi connectivity index (χ2v) is 9.92. The van der Waals surface area contributed by atoms with E-state index < -0.39 is 0 Å². The third-order valence-electron chi connectivity index (χ3n) is 7.18. The Morgan fingerprint density at radius 2 is 2.00 bits per heavy atom. The van der Waals surface area contributed by atoms with Crippen LogP contribution >= 0.6 is 11.6 Å². The molecule has 10 heteroatoms. The van der Waals surface area contributed by atoms with E-state index in [4.69, 9.17) is 26.5 Å². The van der Waals surface area contributed by atoms with Gasteiger partial charge in [-0.15, -0.1) is 0 Å². The van der Waals surface area contributed by atoms with E-state index in [9.17, 15) is 5.11 Å². The van der Waals surface area contributed by atoms with E-state index in [1.54, 1.807) is 0 Å². The van der Waals surface area contributed by atoms with Gasteiger partial charge in [0.05, 0.1) is 38.6 Å². The van der Waals surface area contributed by atoms with E-state index in [0.717, 1.165) is 56.2 Å². The fourth-order valence-corrected chi connectivity index (χ4v) is 5.44. The Hall–Kier alpha value is -2.30. The minimum Gasteiger partial charge on any atom is -0.394 e. The number of rotatable bonds is 7. The summed E-state index contributed by atoms with van der Waals surface area (Å²) in [5.41, 5.74) is 2.65. The molecule has 5 rings (SSSR count). The molecule has 3 saturated heterocycles. The Balaban J connectivity index is 1.36. The van der Waals surface area contributed by atoms with Crippen LogP contribution in [-0.4, -0.2) is 90.9 Å². The summed E-state index contributed by atoms with van der Waals surface area (Å²) in [6.45, 7) is 7.46. The van der Waals surface area contributed by atoms with Crippen molar-refractivity contribution in [1.82, 2.24) is 14.9 Å². The van der Waals surface area contributed by atoms with Crippen molar-refractivity contribution in [2.24, 2.45) is 0 Å². The van der Waals surface area contributed by atoms with Gasteiger partial charge in [0.2, 0.25) is 0 Å². The fraction of sp³-hybridized carbons (Fsp3) is 0.560. The lowest BCUT2D eigenvalue weighted by molar-refractivity contribution is -0.0712. The van der Waals surface area contributed by atoms with Crippen molar-refractivity contribution in [2.75, 3.05) is 62.8 Å². The highest BCUT2D eigenvalue weighted by molar-refractivity contribution is 6.32. The highest BCUT2D eigenvalue weighted by Crippen LogP contribution is 2.37. The first kappa shape index (κ1) is 24.4. The summed E-state index contributed by atoms with van der Waals surface area (Å²) in [6, 6.07) is 6.44. The Morgan fingerprint density at radius 3 is 2.69 bits per heavy atom. The first-order valence-electron chi connectivity index (χ1n) is 12.3. The predicted octanol–water partition coefficient (Wildman–Crippen LogP) is 2.96. The molecule has 1 aromatic heterocycles. The number of halogens is 1. The van der Waals surface area contributed by atoms with Gasteiger partial charge in [-0.3, -0.25) is 4.90 Å². The van der Waals surface area contributed by atoms with E-state index in [1.807, 2.05) is 19.1 Å². The van der Waals surface area contributed by atoms with Crippen molar-refractivity contribution in [2.45, 2.75) is 37.8 Å². The number of morpholine rings is 1. The number of aliphatic hydroxyl groups is 1. The largest absolute Gasteiger partial charge is 0.394 e. The average Bonchev–Trinajstić information content (AvgIpc) is 2.84. The van der Waals surface area contributed by atoms with Gasteiger partial charge >= 0.3 is 0 Å². The maximum Gasteiger partial charge on any atom is 0.136 e. The normalized spacial score (nSPS) is 22.1. The highest BCUT2D eigenvalue weighted by Gasteiger charge is 2.31. The summed E-state index contributed by atoms with van der Waals surface area (Å²) < 4.78 is 10.9. The van der Waals surface area contributed by atoms with Gasteiger partial charge in [0.25, 0.3) is 0 Å². The van der Waals surface area contributed by atoms with Crippen molar-refractivity contribution in [3.63, 3.8) is 0 Å². The zero-order valence-electron chi connectivity index (χ0n) is 20.0. The maximum atomic E-state index is 9.49. The molecular weight excluding hydrogens is 468 g/mol. The molecule has 0 spiro atoms. The standard InChI is InChI=1S/C25H33ClN6O3/c1-16-28-24(10-25(29-16)32-6-7-35-20(12-32)13-33)30-23-9-21(22(26)8-18(23)11-27)17-2-4-31(5-3-17)19-14-34-15-19/h8-11,17,19-20,27,33H,2-7,12-15H2,1H3,(H,28,29,30). The topological polar surface area (TPSA) is 107 Å². The predicted molar refractivity (Wildman–Crippen MR) is 137 cm³/mol. The number of nitrogens with one attached hydrogen (secondary N) is 2. The van der Waals surface area contributed by atoms with Crippen LogP contribution in [0.15, 0.2) is 18.2 Å². The Bertz CT molecular complexity index is 1060. The van der Waals surface area contributed by atoms with E-state index in [-0.39, 0.29) is 12.7 Å². The monoisotopic (exact) mass is 500 g/mol. The van der Waals surface area contributed by atoms with Gasteiger partial charge in [-0.2, -0.15) is 0 Å². The van der Waals surface area contributed by atoms with Crippen molar-refractivity contribution in [3.05, 3.63) is 40.2 Å². The molecule has 0 saturated carbocycles. The number of aromatic nitrogens is 2. The zero-order chi connectivity index (χ0) is 24.4. The number of ether oxygens (including phenoxy) is 2. The fourth-order valence-electron chi connectivity index (χ4n) is 5.11. The summed E-state index contributed by atoms with van der Waals surface area (Å²) in [5, 5.41) is 21.6. The van der Waals surface area contributed by atoms with Gasteiger partial charge in [-0.25, -0.2) is 9.97 Å². The summed E-state index contributed by atoms with van der Waals surface area (Å²) in [5.74, 6) is 2.48. The van der Waals surface area contributed by atoms with Gasteiger partial charge in [0.15, 0.2) is 0 Å². The first-order chi connectivity index (χ1) is 17.0. The number of aryl methyl sites for hydroxylation is 1. The number of anilines is 3. The van der Waals surface area contributed by atoms with Crippen molar-refractivity contribution < 1.29 is 14.6 Å². The van der Waals surface area contributed by atoms with E-state index in [2.05, 4.69) is 31.2 Å². The molecule has 3 fully saturated rings. The van der Waals surface area contributed by atoms with Crippen molar-refractivity contribution in [1.29, 1.82) is 5.41 Å². The second-order valence-electron chi connectivity index (χ2n) is 9.51. The lowest BCUT2D eigenvalue weighted by atomic mass is 9.87. The highest BCUT2D eigenvalue weighted by atomic mass is 35.5. The Kier molecular flexibility index (Phi) is 7.50. The molecule has 4 heterocycles. The lowest BCUT2D eigenvalue weighted by Gasteiger charge is -2.41. The summed E-state index contributed by atoms with van der Waals surface area (Å²) >= 11 is 6.70. The minimum atomic E-state index is -0.220. The molecular formula is C25H33ClN6O3. The molecule has 0 bridgehead atoms. The smallest absolute Gasteiger partial charge is 0.136 e. The minimum absolute atomic E-state index is 0.0186. The van der Waals surface area contributed by atoms with Gasteiger partial charge in [-0.05, 0) is 56.5 Å². The Morgan fingerprint density at radius 1 is 1.20 bits per heavy atom. The van der Waals surface area contributed by atoms with E-state index in [0.29, 0.717) is 53.9 Å². The zero-order valence-corrected chi connectivity index (χ0v) is 20.8. The SMILES string of the molecule is Cc1nc(Nc2cc(C3CCN(C4COC4)CC3)c(Cl)cc2C=N)cc(N2CCOC(CO)C2)n1. The molecule has 188 valence electrons. The molecule has 3 N–H and O–H groups in total. The van der Waals surface area contributed by atoms with Crippen LogP contribution in [-0.2, 0) is 9.47 Å². The number of hydrogen-bond donors (Lipinski definition) is 3. The lowest BCUT2D eigenvalue weighted by Crippen LogP contribution is -2.51. The summed E-state index contributed by atoms with van der Waals surface area (Å²) in [4.78, 5) is 13.8. The maximum absolute atomic E-state index is 9.49. The molecule has 1 aromatic carbocycles. The summed E-state index contributed by atoms with van der Waals surface area (Å²) in [7, 11) is 0. The molecule has 0 aliphatic carbocycles. The number of benzene rings is 1. The molecule has 35 heavy (non-hydrogen) atoms. The molecule has 2 aromatic rings. The molecule has 1 unspecified atom stereocenters. The van der Waals surface area contributed by atoms with Crippen molar-refractivity contribution >= 4 is 35.1 Å². The van der Waals surface area contributed by atoms with Crippen LogP contribution < -0.4 is 10.2 Å². The van der Waals surface area contributed by atoms with E-state index in [1.165, 1.54) is 6.21 Å². The van der Waals surface area contributed by atoms with Crippen LogP contribution in [0.2, 0.25) is 5.02 Å². The molecule has 3 aliphatic rings. The van der Waals surface area contributed by atoms with Crippen LogP contribution in [0.25, 0.3) is 0 Å². The molecule has 0 radical (unpaired) electrons. The third-order valence-corrected chi connectivity index (χ3v) is 7.51. The second kappa shape index (κ2) is 10.8. The molecule has 0 amide bonds. The third kappa shape index (κ3) is 5.44. The number of hydrogen-bond acceptors (Lipinski definition) is 9. The number of aliphatic hydroxyl groups excluding tert-OH is 1. The number of piperidine rings is 1. The number of nitrogens with zero attached hydrogens (tertiary/aromatic N) is 4. The molecule has 1 atom stereocenters. The van der Waals surface area contributed by atoms with Crippen LogP contribution in [0.5, 0.6) is 0 Å².